The molecule has 0 saturated carbocycles. The monoisotopic (exact) mass is 434 g/mol. The van der Waals surface area contributed by atoms with Crippen molar-refractivity contribution in [2.45, 2.75) is 13.3 Å². The summed E-state index contributed by atoms with van der Waals surface area (Å²) in [6.07, 6.45) is 3.21. The SMILES string of the molecule is CCCOc1ccc(/C=N\NC(=O)CN(c2cccc([N+](=O)[O-])c2)S(C)(=O)=O)cc1. The number of nitro benzene ring substituents is 1. The molecule has 1 amide bonds. The summed E-state index contributed by atoms with van der Waals surface area (Å²) in [4.78, 5) is 22.5. The van der Waals surface area contributed by atoms with Crippen molar-refractivity contribution in [1.29, 1.82) is 0 Å². The molecule has 0 atom stereocenters. The van der Waals surface area contributed by atoms with E-state index in [0.29, 0.717) is 12.2 Å². The number of ether oxygens (including phenoxy) is 1. The Morgan fingerprint density at radius 2 is 1.97 bits per heavy atom. The summed E-state index contributed by atoms with van der Waals surface area (Å²) in [7, 11) is -3.86. The van der Waals surface area contributed by atoms with Crippen LogP contribution >= 0.6 is 0 Å². The molecule has 0 aliphatic rings. The molecule has 30 heavy (non-hydrogen) atoms. The van der Waals surface area contributed by atoms with E-state index in [4.69, 9.17) is 4.74 Å². The molecule has 1 N–H and O–H groups in total. The van der Waals surface area contributed by atoms with E-state index in [0.717, 1.165) is 28.8 Å². The number of rotatable bonds is 10. The summed E-state index contributed by atoms with van der Waals surface area (Å²) in [5, 5.41) is 14.7. The number of anilines is 1. The van der Waals surface area contributed by atoms with Crippen LogP contribution < -0.4 is 14.5 Å². The van der Waals surface area contributed by atoms with E-state index >= 15 is 0 Å². The molecule has 0 fully saturated rings. The smallest absolute Gasteiger partial charge is 0.271 e. The molecule has 0 saturated heterocycles. The molecule has 0 bridgehead atoms. The minimum absolute atomic E-state index is 0.00787. The van der Waals surface area contributed by atoms with E-state index in [2.05, 4.69) is 10.5 Å². The first-order valence-electron chi connectivity index (χ1n) is 8.97. The fourth-order valence-corrected chi connectivity index (χ4v) is 3.22. The van der Waals surface area contributed by atoms with Crippen molar-refractivity contribution < 1.29 is 22.9 Å². The molecule has 0 unspecified atom stereocenters. The maximum absolute atomic E-state index is 12.2. The first kappa shape index (κ1) is 22.8. The van der Waals surface area contributed by atoms with Crippen LogP contribution in [0, 0.1) is 10.1 Å². The number of nitrogens with zero attached hydrogens (tertiary/aromatic N) is 3. The Kier molecular flexibility index (Phi) is 7.87. The van der Waals surface area contributed by atoms with Gasteiger partial charge in [0.1, 0.15) is 12.3 Å². The third-order valence-electron chi connectivity index (χ3n) is 3.77. The van der Waals surface area contributed by atoms with Gasteiger partial charge in [-0.25, -0.2) is 13.8 Å². The second-order valence-electron chi connectivity index (χ2n) is 6.26. The van der Waals surface area contributed by atoms with Crippen LogP contribution in [0.15, 0.2) is 53.6 Å². The highest BCUT2D eigenvalue weighted by molar-refractivity contribution is 7.92. The summed E-state index contributed by atoms with van der Waals surface area (Å²) < 4.78 is 30.4. The van der Waals surface area contributed by atoms with Gasteiger partial charge in [-0.3, -0.25) is 19.2 Å². The molecular weight excluding hydrogens is 412 g/mol. The molecule has 160 valence electrons. The largest absolute Gasteiger partial charge is 0.494 e. The van der Waals surface area contributed by atoms with Crippen LogP contribution in [0.3, 0.4) is 0 Å². The maximum Gasteiger partial charge on any atom is 0.271 e. The summed E-state index contributed by atoms with van der Waals surface area (Å²) >= 11 is 0. The molecule has 2 rings (SSSR count). The molecule has 2 aromatic carbocycles. The number of amides is 1. The van der Waals surface area contributed by atoms with E-state index < -0.39 is 27.4 Å². The molecule has 0 aromatic heterocycles. The number of non-ortho nitro benzene ring substituents is 1. The first-order valence-corrected chi connectivity index (χ1v) is 10.8. The minimum atomic E-state index is -3.86. The molecule has 0 radical (unpaired) electrons. The van der Waals surface area contributed by atoms with Crippen molar-refractivity contribution in [1.82, 2.24) is 5.43 Å². The number of sulfonamides is 1. The van der Waals surface area contributed by atoms with Gasteiger partial charge >= 0.3 is 0 Å². The third-order valence-corrected chi connectivity index (χ3v) is 4.91. The number of hydrogen-bond acceptors (Lipinski definition) is 7. The van der Waals surface area contributed by atoms with Gasteiger partial charge in [0, 0.05) is 12.1 Å². The van der Waals surface area contributed by atoms with Crippen molar-refractivity contribution in [3.8, 4) is 5.75 Å². The Bertz CT molecular complexity index is 1020. The lowest BCUT2D eigenvalue weighted by atomic mass is 10.2. The Morgan fingerprint density at radius 1 is 1.27 bits per heavy atom. The summed E-state index contributed by atoms with van der Waals surface area (Å²) in [5.41, 5.74) is 2.68. The van der Waals surface area contributed by atoms with Crippen LogP contribution in [0.25, 0.3) is 0 Å². The van der Waals surface area contributed by atoms with Gasteiger partial charge in [-0.05, 0) is 42.3 Å². The number of nitrogens with one attached hydrogen (secondary N) is 1. The molecule has 0 heterocycles. The van der Waals surface area contributed by atoms with E-state index in [1.807, 2.05) is 6.92 Å². The average Bonchev–Trinajstić information content (AvgIpc) is 2.70. The predicted octanol–water partition coefficient (Wildman–Crippen LogP) is 2.30. The molecule has 0 aliphatic heterocycles. The van der Waals surface area contributed by atoms with Crippen LogP contribution in [0.1, 0.15) is 18.9 Å². The van der Waals surface area contributed by atoms with E-state index in [1.165, 1.54) is 24.4 Å². The molecular formula is C19H22N4O6S. The number of hydrazone groups is 1. The van der Waals surface area contributed by atoms with Gasteiger partial charge in [-0.1, -0.05) is 13.0 Å². The zero-order valence-electron chi connectivity index (χ0n) is 16.5. The number of benzene rings is 2. The fourth-order valence-electron chi connectivity index (χ4n) is 2.38. The van der Waals surface area contributed by atoms with Gasteiger partial charge in [0.2, 0.25) is 10.0 Å². The van der Waals surface area contributed by atoms with Crippen molar-refractivity contribution in [2.24, 2.45) is 5.10 Å². The lowest BCUT2D eigenvalue weighted by Crippen LogP contribution is -2.39. The Balaban J connectivity index is 2.04. The standard InChI is InChI=1S/C19H22N4O6S/c1-3-11-29-18-9-7-15(8-10-18)13-20-21-19(24)14-22(30(2,27)28)16-5-4-6-17(12-16)23(25)26/h4-10,12-13H,3,11,14H2,1-2H3,(H,21,24)/b20-13-. The quantitative estimate of drug-likeness (QED) is 0.347. The van der Waals surface area contributed by atoms with Crippen molar-refractivity contribution in [3.05, 3.63) is 64.2 Å². The van der Waals surface area contributed by atoms with Crippen LogP contribution in [-0.4, -0.2) is 44.9 Å². The Labute approximate surface area is 174 Å². The second kappa shape index (κ2) is 10.3. The second-order valence-corrected chi connectivity index (χ2v) is 8.16. The van der Waals surface area contributed by atoms with Crippen LogP contribution in [0.5, 0.6) is 5.75 Å². The van der Waals surface area contributed by atoms with Crippen molar-refractivity contribution in [2.75, 3.05) is 23.7 Å². The molecule has 2 aromatic rings. The van der Waals surface area contributed by atoms with Gasteiger partial charge < -0.3 is 4.74 Å². The zero-order valence-corrected chi connectivity index (χ0v) is 17.3. The van der Waals surface area contributed by atoms with E-state index in [1.54, 1.807) is 24.3 Å². The molecule has 10 nitrogen and oxygen atoms in total. The topological polar surface area (TPSA) is 131 Å². The zero-order chi connectivity index (χ0) is 22.1. The van der Waals surface area contributed by atoms with E-state index in [-0.39, 0.29) is 11.4 Å². The van der Waals surface area contributed by atoms with Gasteiger partial charge in [0.25, 0.3) is 11.6 Å². The highest BCUT2D eigenvalue weighted by atomic mass is 32.2. The molecule has 11 heteroatoms. The number of carbonyl (C=O) groups is 1. The van der Waals surface area contributed by atoms with Crippen LogP contribution in [0.2, 0.25) is 0 Å². The van der Waals surface area contributed by atoms with Gasteiger partial charge in [0.05, 0.1) is 29.7 Å². The lowest BCUT2D eigenvalue weighted by molar-refractivity contribution is -0.384. The number of hydrogen-bond donors (Lipinski definition) is 1. The Morgan fingerprint density at radius 3 is 2.57 bits per heavy atom. The van der Waals surface area contributed by atoms with Crippen molar-refractivity contribution >= 4 is 33.5 Å². The highest BCUT2D eigenvalue weighted by Crippen LogP contribution is 2.22. The summed E-state index contributed by atoms with van der Waals surface area (Å²) in [6, 6.07) is 12.1. The van der Waals surface area contributed by atoms with Gasteiger partial charge in [-0.15, -0.1) is 0 Å². The van der Waals surface area contributed by atoms with Gasteiger partial charge in [-0.2, -0.15) is 5.10 Å². The molecule has 0 aliphatic carbocycles. The normalized spacial score (nSPS) is 11.3. The number of nitro groups is 1. The fraction of sp³-hybridized carbons (Fsp3) is 0.263. The first-order chi connectivity index (χ1) is 14.2. The van der Waals surface area contributed by atoms with Crippen molar-refractivity contribution in [3.63, 3.8) is 0 Å². The predicted molar refractivity (Wildman–Crippen MR) is 113 cm³/mol. The minimum Gasteiger partial charge on any atom is -0.494 e. The summed E-state index contributed by atoms with van der Waals surface area (Å²) in [6.45, 7) is 2.04. The Hall–Kier alpha value is -3.47. The van der Waals surface area contributed by atoms with Gasteiger partial charge in [0.15, 0.2) is 0 Å². The van der Waals surface area contributed by atoms with E-state index in [9.17, 15) is 23.3 Å². The van der Waals surface area contributed by atoms with Crippen LogP contribution in [-0.2, 0) is 14.8 Å². The van der Waals surface area contributed by atoms with Crippen LogP contribution in [0.4, 0.5) is 11.4 Å². The maximum atomic E-state index is 12.2. The lowest BCUT2D eigenvalue weighted by Gasteiger charge is -2.21. The third kappa shape index (κ3) is 6.85. The number of carbonyl (C=O) groups excluding carboxylic acids is 1. The highest BCUT2D eigenvalue weighted by Gasteiger charge is 2.22. The average molecular weight is 434 g/mol. The molecule has 0 spiro atoms. The summed E-state index contributed by atoms with van der Waals surface area (Å²) in [5.74, 6) is 0.0184.